The third-order valence-electron chi connectivity index (χ3n) is 3.26. The summed E-state index contributed by atoms with van der Waals surface area (Å²) in [6.45, 7) is 2.58. The van der Waals surface area contributed by atoms with Gasteiger partial charge in [0.05, 0.1) is 12.4 Å². The summed E-state index contributed by atoms with van der Waals surface area (Å²) in [5.74, 6) is -0.163. The average molecular weight is 363 g/mol. The van der Waals surface area contributed by atoms with Gasteiger partial charge < -0.3 is 10.1 Å². The van der Waals surface area contributed by atoms with Crippen LogP contribution in [-0.2, 0) is 26.2 Å². The van der Waals surface area contributed by atoms with Gasteiger partial charge in [0, 0.05) is 25.2 Å². The fourth-order valence-corrected chi connectivity index (χ4v) is 2.85. The normalized spacial score (nSPS) is 11.7. The van der Waals surface area contributed by atoms with Crippen LogP contribution < -0.4 is 5.32 Å². The fourth-order valence-electron chi connectivity index (χ4n) is 1.81. The maximum absolute atomic E-state index is 11.6. The SMILES string of the molecule is CCS(=O)(=O)N(C)CCCNC(=O)COCc1ccccc1Cl. The number of rotatable bonds is 10. The van der Waals surface area contributed by atoms with Crippen LogP contribution in [0.2, 0.25) is 5.02 Å². The van der Waals surface area contributed by atoms with Crippen LogP contribution in [0.25, 0.3) is 0 Å². The van der Waals surface area contributed by atoms with Gasteiger partial charge in [-0.05, 0) is 25.0 Å². The van der Waals surface area contributed by atoms with Crippen LogP contribution in [0.5, 0.6) is 0 Å². The molecule has 0 bridgehead atoms. The summed E-state index contributed by atoms with van der Waals surface area (Å²) in [5, 5.41) is 3.29. The van der Waals surface area contributed by atoms with Crippen molar-refractivity contribution >= 4 is 27.5 Å². The summed E-state index contributed by atoms with van der Waals surface area (Å²) in [6, 6.07) is 7.28. The molecular weight excluding hydrogens is 340 g/mol. The zero-order valence-corrected chi connectivity index (χ0v) is 15.0. The smallest absolute Gasteiger partial charge is 0.246 e. The maximum atomic E-state index is 11.6. The maximum Gasteiger partial charge on any atom is 0.246 e. The first-order valence-corrected chi connectivity index (χ1v) is 9.37. The number of hydrogen-bond acceptors (Lipinski definition) is 4. The molecule has 0 aliphatic heterocycles. The van der Waals surface area contributed by atoms with E-state index in [1.165, 1.54) is 11.4 Å². The van der Waals surface area contributed by atoms with Crippen LogP contribution in [0.15, 0.2) is 24.3 Å². The van der Waals surface area contributed by atoms with Crippen LogP contribution in [-0.4, -0.2) is 51.1 Å². The predicted molar refractivity (Wildman–Crippen MR) is 90.8 cm³/mol. The molecule has 0 heterocycles. The Morgan fingerprint density at radius 2 is 2.04 bits per heavy atom. The number of halogens is 1. The zero-order chi connectivity index (χ0) is 17.3. The molecule has 0 saturated carbocycles. The van der Waals surface area contributed by atoms with Gasteiger partial charge in [-0.25, -0.2) is 12.7 Å². The van der Waals surface area contributed by atoms with Crippen molar-refractivity contribution < 1.29 is 17.9 Å². The quantitative estimate of drug-likeness (QED) is 0.642. The molecule has 1 aromatic rings. The molecule has 0 aromatic heterocycles. The second kappa shape index (κ2) is 9.87. The van der Waals surface area contributed by atoms with E-state index in [1.54, 1.807) is 13.0 Å². The number of nitrogens with zero attached hydrogens (tertiary/aromatic N) is 1. The van der Waals surface area contributed by atoms with E-state index in [9.17, 15) is 13.2 Å². The van der Waals surface area contributed by atoms with Gasteiger partial charge in [0.2, 0.25) is 15.9 Å². The molecule has 1 aromatic carbocycles. The summed E-state index contributed by atoms with van der Waals surface area (Å²) >= 11 is 5.99. The lowest BCUT2D eigenvalue weighted by Gasteiger charge is -2.15. The molecule has 1 N–H and O–H groups in total. The molecule has 6 nitrogen and oxygen atoms in total. The Labute approximate surface area is 142 Å². The van der Waals surface area contributed by atoms with Gasteiger partial charge in [0.1, 0.15) is 6.61 Å². The van der Waals surface area contributed by atoms with Crippen LogP contribution in [0, 0.1) is 0 Å². The van der Waals surface area contributed by atoms with Gasteiger partial charge >= 0.3 is 0 Å². The highest BCUT2D eigenvalue weighted by Gasteiger charge is 2.14. The first kappa shape index (κ1) is 19.9. The average Bonchev–Trinajstić information content (AvgIpc) is 2.53. The summed E-state index contributed by atoms with van der Waals surface area (Å²) in [4.78, 5) is 11.6. The molecule has 8 heteroatoms. The molecule has 1 rings (SSSR count). The molecule has 0 fully saturated rings. The lowest BCUT2D eigenvalue weighted by Crippen LogP contribution is -2.33. The minimum atomic E-state index is -3.16. The second-order valence-electron chi connectivity index (χ2n) is 5.01. The van der Waals surface area contributed by atoms with E-state index in [0.717, 1.165) is 5.56 Å². The minimum absolute atomic E-state index is 0.0612. The van der Waals surface area contributed by atoms with Crippen molar-refractivity contribution in [2.24, 2.45) is 0 Å². The summed E-state index contributed by atoms with van der Waals surface area (Å²) in [7, 11) is -1.63. The van der Waals surface area contributed by atoms with Crippen molar-refractivity contribution in [3.63, 3.8) is 0 Å². The van der Waals surface area contributed by atoms with E-state index >= 15 is 0 Å². The number of carbonyl (C=O) groups is 1. The molecule has 0 spiro atoms. The molecule has 1 amide bonds. The monoisotopic (exact) mass is 362 g/mol. The van der Waals surface area contributed by atoms with Crippen LogP contribution in [0.3, 0.4) is 0 Å². The third kappa shape index (κ3) is 7.30. The van der Waals surface area contributed by atoms with Crippen molar-refractivity contribution in [3.05, 3.63) is 34.9 Å². The Bertz CT molecular complexity index is 607. The lowest BCUT2D eigenvalue weighted by atomic mass is 10.2. The third-order valence-corrected chi connectivity index (χ3v) is 5.49. The van der Waals surface area contributed by atoms with Gasteiger partial charge in [0.25, 0.3) is 0 Å². The number of benzene rings is 1. The van der Waals surface area contributed by atoms with Gasteiger partial charge in [0.15, 0.2) is 0 Å². The number of amides is 1. The number of sulfonamides is 1. The Morgan fingerprint density at radius 3 is 2.70 bits per heavy atom. The van der Waals surface area contributed by atoms with Crippen molar-refractivity contribution in [1.29, 1.82) is 0 Å². The van der Waals surface area contributed by atoms with E-state index in [2.05, 4.69) is 5.32 Å². The first-order chi connectivity index (χ1) is 10.9. The number of hydrogen-bond donors (Lipinski definition) is 1. The Kier molecular flexibility index (Phi) is 8.54. The van der Waals surface area contributed by atoms with Crippen molar-refractivity contribution in [2.75, 3.05) is 32.5 Å². The summed E-state index contributed by atoms with van der Waals surface area (Å²) in [6.07, 6.45) is 0.548. The standard InChI is InChI=1S/C15H23ClN2O4S/c1-3-23(20,21)18(2)10-6-9-17-15(19)12-22-11-13-7-4-5-8-14(13)16/h4-5,7-8H,3,6,9-12H2,1-2H3,(H,17,19). The topological polar surface area (TPSA) is 75.7 Å². The van der Waals surface area contributed by atoms with Gasteiger partial charge in [-0.3, -0.25) is 4.79 Å². The second-order valence-corrected chi connectivity index (χ2v) is 7.78. The van der Waals surface area contributed by atoms with Crippen LogP contribution >= 0.6 is 11.6 Å². The van der Waals surface area contributed by atoms with E-state index in [-0.39, 0.29) is 24.9 Å². The zero-order valence-electron chi connectivity index (χ0n) is 13.4. The molecule has 130 valence electrons. The molecular formula is C15H23ClN2O4S. The van der Waals surface area contributed by atoms with Gasteiger partial charge in [-0.2, -0.15) is 0 Å². The largest absolute Gasteiger partial charge is 0.367 e. The van der Waals surface area contributed by atoms with Gasteiger partial charge in [-0.15, -0.1) is 0 Å². The molecule has 0 saturated heterocycles. The Hall–Kier alpha value is -1.15. The van der Waals surface area contributed by atoms with Crippen LogP contribution in [0.4, 0.5) is 0 Å². The number of ether oxygens (including phenoxy) is 1. The highest BCUT2D eigenvalue weighted by atomic mass is 35.5. The predicted octanol–water partition coefficient (Wildman–Crippen LogP) is 1.64. The molecule has 0 unspecified atom stereocenters. The summed E-state index contributed by atoms with van der Waals surface area (Å²) < 4.78 is 29.7. The first-order valence-electron chi connectivity index (χ1n) is 7.38. The summed E-state index contributed by atoms with van der Waals surface area (Å²) in [5.41, 5.74) is 0.827. The van der Waals surface area contributed by atoms with Crippen molar-refractivity contribution in [2.45, 2.75) is 20.0 Å². The minimum Gasteiger partial charge on any atom is -0.367 e. The van der Waals surface area contributed by atoms with Crippen molar-refractivity contribution in [3.8, 4) is 0 Å². The highest BCUT2D eigenvalue weighted by Crippen LogP contribution is 2.15. The number of carbonyl (C=O) groups excluding carboxylic acids is 1. The van der Waals surface area contributed by atoms with Crippen LogP contribution in [0.1, 0.15) is 18.9 Å². The van der Waals surface area contributed by atoms with E-state index in [1.807, 2.05) is 18.2 Å². The molecule has 0 atom stereocenters. The molecule has 0 aliphatic carbocycles. The Balaban J connectivity index is 2.17. The molecule has 23 heavy (non-hydrogen) atoms. The highest BCUT2D eigenvalue weighted by molar-refractivity contribution is 7.89. The van der Waals surface area contributed by atoms with E-state index < -0.39 is 10.0 Å². The van der Waals surface area contributed by atoms with E-state index in [4.69, 9.17) is 16.3 Å². The Morgan fingerprint density at radius 1 is 1.35 bits per heavy atom. The van der Waals surface area contributed by atoms with Crippen molar-refractivity contribution in [1.82, 2.24) is 9.62 Å². The fraction of sp³-hybridized carbons (Fsp3) is 0.533. The molecule has 0 radical (unpaired) electrons. The van der Waals surface area contributed by atoms with E-state index in [0.29, 0.717) is 24.5 Å². The van der Waals surface area contributed by atoms with Gasteiger partial charge in [-0.1, -0.05) is 29.8 Å². The molecule has 0 aliphatic rings. The lowest BCUT2D eigenvalue weighted by molar-refractivity contribution is -0.126. The number of nitrogens with one attached hydrogen (secondary N) is 1.